The summed E-state index contributed by atoms with van der Waals surface area (Å²) in [6.45, 7) is 2.94. The molecule has 0 unspecified atom stereocenters. The van der Waals surface area contributed by atoms with Crippen molar-refractivity contribution in [2.24, 2.45) is 5.92 Å². The number of methoxy groups -OCH3 is 1. The summed E-state index contributed by atoms with van der Waals surface area (Å²) < 4.78 is 44.0. The molecule has 17 heteroatoms. The molecular weight excluding hydrogens is 821 g/mol. The summed E-state index contributed by atoms with van der Waals surface area (Å²) in [6, 6.07) is 28.5. The molecule has 0 heterocycles. The van der Waals surface area contributed by atoms with Crippen molar-refractivity contribution in [1.82, 2.24) is 5.32 Å². The first-order valence-electron chi connectivity index (χ1n) is 20.0. The number of alkyl carbamates (subject to hydrolysis) is 1. The standard InChI is InChI=1S/C46H46N2O15/c1-26(49)59-41-35(44(53)56-4)23-39(42(60-27(2)50)43(41)61-28(3)51)63-38-19-18-29(24-58-46(55)62-30-12-6-5-7-13-30)22-37(38)48-40(52)20-21-47-45(54)57-25-36-33-16-10-8-14-31(33)32-15-9-11-17-34(32)36/h5-19,22,35-36,39,41-43H,20-21,23-25H2,1-4H3,(H,47,54)(H,48,52)/t35-,39+,41+,42-,43-/m0/s1. The second-order valence-electron chi connectivity index (χ2n) is 14.6. The molecule has 63 heavy (non-hydrogen) atoms. The number of benzene rings is 4. The average Bonchev–Trinajstić information content (AvgIpc) is 3.57. The predicted octanol–water partition coefficient (Wildman–Crippen LogP) is 6.00. The van der Waals surface area contributed by atoms with E-state index in [0.29, 0.717) is 5.56 Å². The van der Waals surface area contributed by atoms with E-state index in [2.05, 4.69) is 10.6 Å². The Morgan fingerprint density at radius 3 is 1.92 bits per heavy atom. The molecule has 0 bridgehead atoms. The molecule has 0 saturated heterocycles. The molecule has 4 aromatic carbocycles. The first-order chi connectivity index (χ1) is 30.3. The van der Waals surface area contributed by atoms with Crippen LogP contribution in [0.25, 0.3) is 11.1 Å². The fourth-order valence-corrected chi connectivity index (χ4v) is 7.57. The summed E-state index contributed by atoms with van der Waals surface area (Å²) in [5.41, 5.74) is 4.66. The Balaban J connectivity index is 1.18. The number of carbonyl (C=O) groups is 7. The minimum atomic E-state index is -1.52. The number of ether oxygens (including phenoxy) is 8. The van der Waals surface area contributed by atoms with E-state index in [1.807, 2.05) is 48.5 Å². The maximum absolute atomic E-state index is 13.5. The van der Waals surface area contributed by atoms with Crippen molar-refractivity contribution in [2.45, 2.75) is 70.6 Å². The lowest BCUT2D eigenvalue weighted by atomic mass is 9.80. The van der Waals surface area contributed by atoms with Crippen LogP contribution in [0, 0.1) is 5.92 Å². The van der Waals surface area contributed by atoms with Crippen LogP contribution in [0.15, 0.2) is 97.1 Å². The third-order valence-corrected chi connectivity index (χ3v) is 10.2. The van der Waals surface area contributed by atoms with Gasteiger partial charge >= 0.3 is 36.1 Å². The quantitative estimate of drug-likeness (QED) is 0.0795. The molecule has 6 rings (SSSR count). The molecule has 0 aromatic heterocycles. The number of para-hydroxylation sites is 1. The van der Waals surface area contributed by atoms with E-state index < -0.39 is 72.4 Å². The van der Waals surface area contributed by atoms with Crippen LogP contribution in [-0.2, 0) is 59.0 Å². The largest absolute Gasteiger partial charge is 0.514 e. The van der Waals surface area contributed by atoms with Crippen molar-refractivity contribution in [3.8, 4) is 22.6 Å². The van der Waals surface area contributed by atoms with Crippen LogP contribution in [0.3, 0.4) is 0 Å². The van der Waals surface area contributed by atoms with Crippen molar-refractivity contribution in [1.29, 1.82) is 0 Å². The number of nitrogens with one attached hydrogen (secondary N) is 2. The molecule has 0 aliphatic heterocycles. The molecule has 0 spiro atoms. The zero-order chi connectivity index (χ0) is 45.0. The predicted molar refractivity (Wildman–Crippen MR) is 221 cm³/mol. The Hall–Kier alpha value is -7.43. The fraction of sp³-hybridized carbons (Fsp3) is 0.326. The highest BCUT2D eigenvalue weighted by Crippen LogP contribution is 2.44. The maximum Gasteiger partial charge on any atom is 0.514 e. The van der Waals surface area contributed by atoms with Crippen LogP contribution in [0.5, 0.6) is 11.5 Å². The van der Waals surface area contributed by atoms with Gasteiger partial charge in [-0.3, -0.25) is 24.0 Å². The Morgan fingerprint density at radius 1 is 0.683 bits per heavy atom. The average molecular weight is 867 g/mol. The number of esters is 4. The minimum absolute atomic E-state index is 0.0123. The van der Waals surface area contributed by atoms with Gasteiger partial charge in [0.05, 0.1) is 12.8 Å². The van der Waals surface area contributed by atoms with E-state index in [-0.39, 0.29) is 55.7 Å². The van der Waals surface area contributed by atoms with Gasteiger partial charge in [0, 0.05) is 46.1 Å². The van der Waals surface area contributed by atoms with Crippen LogP contribution in [0.2, 0.25) is 0 Å². The molecule has 2 aliphatic carbocycles. The number of rotatable bonds is 15. The van der Waals surface area contributed by atoms with Gasteiger partial charge in [-0.1, -0.05) is 72.8 Å². The zero-order valence-corrected chi connectivity index (χ0v) is 34.9. The Morgan fingerprint density at radius 2 is 1.29 bits per heavy atom. The van der Waals surface area contributed by atoms with Gasteiger partial charge < -0.3 is 48.5 Å². The summed E-state index contributed by atoms with van der Waals surface area (Å²) in [4.78, 5) is 88.9. The lowest BCUT2D eigenvalue weighted by Gasteiger charge is -2.43. The van der Waals surface area contributed by atoms with Crippen LogP contribution in [0.4, 0.5) is 15.3 Å². The molecule has 5 atom stereocenters. The van der Waals surface area contributed by atoms with E-state index in [1.54, 1.807) is 30.3 Å². The van der Waals surface area contributed by atoms with E-state index in [9.17, 15) is 33.6 Å². The van der Waals surface area contributed by atoms with Gasteiger partial charge in [0.1, 0.15) is 36.7 Å². The number of hydrogen-bond acceptors (Lipinski definition) is 15. The van der Waals surface area contributed by atoms with Crippen molar-refractivity contribution in [3.63, 3.8) is 0 Å². The number of anilines is 1. The number of amides is 2. The smallest absolute Gasteiger partial charge is 0.484 e. The summed E-state index contributed by atoms with van der Waals surface area (Å²) >= 11 is 0. The summed E-state index contributed by atoms with van der Waals surface area (Å²) in [7, 11) is 1.12. The van der Waals surface area contributed by atoms with Crippen LogP contribution in [-0.4, -0.2) is 86.7 Å². The Kier molecular flexibility index (Phi) is 15.0. The van der Waals surface area contributed by atoms with Crippen LogP contribution in [0.1, 0.15) is 56.2 Å². The van der Waals surface area contributed by atoms with Gasteiger partial charge in [-0.25, -0.2) is 9.59 Å². The van der Waals surface area contributed by atoms with Gasteiger partial charge in [-0.2, -0.15) is 0 Å². The lowest BCUT2D eigenvalue weighted by molar-refractivity contribution is -0.213. The molecule has 2 N–H and O–H groups in total. The van der Waals surface area contributed by atoms with Gasteiger partial charge in [0.25, 0.3) is 0 Å². The molecule has 0 radical (unpaired) electrons. The highest BCUT2D eigenvalue weighted by molar-refractivity contribution is 5.92. The number of fused-ring (bicyclic) bond motifs is 3. The molecule has 1 saturated carbocycles. The van der Waals surface area contributed by atoms with Gasteiger partial charge in [-0.05, 0) is 52.1 Å². The first-order valence-corrected chi connectivity index (χ1v) is 20.0. The Labute approximate surface area is 362 Å². The normalized spacial score (nSPS) is 18.6. The molecule has 330 valence electrons. The third-order valence-electron chi connectivity index (χ3n) is 10.2. The molecule has 1 fully saturated rings. The van der Waals surface area contributed by atoms with E-state index in [0.717, 1.165) is 50.1 Å². The maximum atomic E-state index is 13.5. The van der Waals surface area contributed by atoms with Crippen molar-refractivity contribution < 1.29 is 71.5 Å². The molecular formula is C46H46N2O15. The highest BCUT2D eigenvalue weighted by atomic mass is 16.7. The Bertz CT molecular complexity index is 2290. The molecule has 17 nitrogen and oxygen atoms in total. The SMILES string of the molecule is COC(=O)[C@H]1C[C@@H](Oc2ccc(COC(=O)Oc3ccccc3)cc2NC(=O)CCNC(=O)OCC2c3ccccc3-c3ccccc32)[C@H](OC(C)=O)[C@@H](OC(C)=O)[C@@H]1OC(C)=O. The number of hydrogen-bond donors (Lipinski definition) is 2. The van der Waals surface area contributed by atoms with Crippen molar-refractivity contribution in [3.05, 3.63) is 114 Å². The fourth-order valence-electron chi connectivity index (χ4n) is 7.57. The van der Waals surface area contributed by atoms with Crippen LogP contribution >= 0.6 is 0 Å². The highest BCUT2D eigenvalue weighted by Gasteiger charge is 2.54. The van der Waals surface area contributed by atoms with E-state index in [1.165, 1.54) is 18.2 Å². The molecule has 2 amide bonds. The second kappa shape index (κ2) is 20.9. The monoisotopic (exact) mass is 866 g/mol. The number of carbonyl (C=O) groups excluding carboxylic acids is 7. The lowest BCUT2D eigenvalue weighted by Crippen LogP contribution is -2.61. The molecule has 4 aromatic rings. The third kappa shape index (κ3) is 11.7. The molecule has 2 aliphatic rings. The topological polar surface area (TPSA) is 217 Å². The first kappa shape index (κ1) is 45.1. The van der Waals surface area contributed by atoms with Gasteiger partial charge in [0.2, 0.25) is 5.91 Å². The van der Waals surface area contributed by atoms with E-state index >= 15 is 0 Å². The summed E-state index contributed by atoms with van der Waals surface area (Å²) in [5, 5.41) is 5.34. The summed E-state index contributed by atoms with van der Waals surface area (Å²) in [5.74, 6) is -5.05. The second-order valence-corrected chi connectivity index (χ2v) is 14.6. The van der Waals surface area contributed by atoms with E-state index in [4.69, 9.17) is 37.9 Å². The summed E-state index contributed by atoms with van der Waals surface area (Å²) in [6.07, 6.45) is -7.86. The van der Waals surface area contributed by atoms with Gasteiger partial charge in [-0.15, -0.1) is 0 Å². The minimum Gasteiger partial charge on any atom is -0.484 e. The van der Waals surface area contributed by atoms with Gasteiger partial charge in [0.15, 0.2) is 18.3 Å². The zero-order valence-electron chi connectivity index (χ0n) is 34.9. The van der Waals surface area contributed by atoms with Crippen molar-refractivity contribution in [2.75, 3.05) is 25.6 Å². The van der Waals surface area contributed by atoms with Crippen molar-refractivity contribution >= 4 is 47.7 Å². The van der Waals surface area contributed by atoms with Crippen LogP contribution < -0.4 is 20.1 Å².